The second kappa shape index (κ2) is 8.03. The Balaban J connectivity index is 1.25. The maximum atomic E-state index is 11.9. The van der Waals surface area contributed by atoms with Gasteiger partial charge in [0.15, 0.2) is 5.72 Å². The first kappa shape index (κ1) is 23.9. The molecule has 6 nitrogen and oxygen atoms in total. The number of fused-ring (bicyclic) bond motifs is 7. The molecule has 0 aromatic carbocycles. The smallest absolute Gasteiger partial charge is 0.302 e. The van der Waals surface area contributed by atoms with Crippen molar-refractivity contribution >= 4 is 5.97 Å². The van der Waals surface area contributed by atoms with E-state index in [2.05, 4.69) is 39.1 Å². The summed E-state index contributed by atoms with van der Waals surface area (Å²) in [4.78, 5) is 23.4. The molecule has 1 spiro atoms. The van der Waals surface area contributed by atoms with Gasteiger partial charge in [0.2, 0.25) is 0 Å². The Hall–Kier alpha value is -1.43. The molecule has 2 saturated heterocycles. The number of nitrogens with zero attached hydrogens (tertiary/aromatic N) is 2. The van der Waals surface area contributed by atoms with Gasteiger partial charge in [-0.15, -0.1) is 4.91 Å². The minimum Gasteiger partial charge on any atom is -0.462 e. The highest BCUT2D eigenvalue weighted by Crippen LogP contribution is 2.70. The Morgan fingerprint density at radius 3 is 2.69 bits per heavy atom. The van der Waals surface area contributed by atoms with Gasteiger partial charge in [0.25, 0.3) is 0 Å². The van der Waals surface area contributed by atoms with Gasteiger partial charge in [-0.3, -0.25) is 4.79 Å². The summed E-state index contributed by atoms with van der Waals surface area (Å²) in [7, 11) is 0. The van der Waals surface area contributed by atoms with E-state index in [9.17, 15) is 9.70 Å². The quantitative estimate of drug-likeness (QED) is 0.263. The van der Waals surface area contributed by atoms with Crippen molar-refractivity contribution in [1.29, 1.82) is 0 Å². The summed E-state index contributed by atoms with van der Waals surface area (Å²) in [6.07, 6.45) is 12.7. The zero-order valence-electron chi connectivity index (χ0n) is 22.3. The van der Waals surface area contributed by atoms with E-state index in [4.69, 9.17) is 9.47 Å². The number of hydrogen-bond acceptors (Lipinski definition) is 5. The van der Waals surface area contributed by atoms with E-state index < -0.39 is 5.72 Å². The first-order valence-electron chi connectivity index (χ1n) is 14.3. The summed E-state index contributed by atoms with van der Waals surface area (Å²) < 4.78 is 12.6. The van der Waals surface area contributed by atoms with Crippen LogP contribution >= 0.6 is 0 Å². The molecule has 6 rings (SSSR count). The summed E-state index contributed by atoms with van der Waals surface area (Å²) in [5.74, 6) is 3.27. The summed E-state index contributed by atoms with van der Waals surface area (Å²) in [5.41, 5.74) is 1.56. The zero-order valence-corrected chi connectivity index (χ0v) is 22.3. The number of piperidine rings is 1. The van der Waals surface area contributed by atoms with Crippen molar-refractivity contribution in [2.45, 2.75) is 110 Å². The monoisotopic (exact) mass is 484 g/mol. The Labute approximate surface area is 210 Å². The number of esters is 1. The van der Waals surface area contributed by atoms with Gasteiger partial charge in [-0.05, 0) is 91.8 Å². The van der Waals surface area contributed by atoms with Gasteiger partial charge in [-0.2, -0.15) is 0 Å². The summed E-state index contributed by atoms with van der Waals surface area (Å²) in [5, 5.41) is 5.28. The highest BCUT2D eigenvalue weighted by atomic mass is 16.5. The van der Waals surface area contributed by atoms with Crippen molar-refractivity contribution in [3.63, 3.8) is 0 Å². The molecule has 0 bridgehead atoms. The number of allylic oxidation sites excluding steroid dienone is 1. The molecule has 2 aliphatic heterocycles. The van der Waals surface area contributed by atoms with Crippen LogP contribution in [0.2, 0.25) is 0 Å². The molecule has 11 atom stereocenters. The molecule has 0 N–H and O–H groups in total. The Kier molecular flexibility index (Phi) is 5.49. The van der Waals surface area contributed by atoms with Crippen LogP contribution in [0.3, 0.4) is 0 Å². The van der Waals surface area contributed by atoms with Crippen LogP contribution in [0.15, 0.2) is 16.9 Å². The third kappa shape index (κ3) is 3.26. The van der Waals surface area contributed by atoms with Gasteiger partial charge in [0.1, 0.15) is 6.10 Å². The molecule has 194 valence electrons. The second-order valence-corrected chi connectivity index (χ2v) is 13.6. The third-order valence-corrected chi connectivity index (χ3v) is 12.1. The molecular formula is C29H44N2O4. The van der Waals surface area contributed by atoms with E-state index >= 15 is 0 Å². The number of carbonyl (C=O) groups excluding carboxylic acids is 1. The van der Waals surface area contributed by atoms with Gasteiger partial charge in [0, 0.05) is 25.8 Å². The van der Waals surface area contributed by atoms with E-state index in [1.54, 1.807) is 10.6 Å². The van der Waals surface area contributed by atoms with Crippen LogP contribution in [-0.2, 0) is 14.3 Å². The van der Waals surface area contributed by atoms with Crippen molar-refractivity contribution in [1.82, 2.24) is 5.01 Å². The number of rotatable bonds is 2. The summed E-state index contributed by atoms with van der Waals surface area (Å²) >= 11 is 0. The number of hydrogen-bond donors (Lipinski definition) is 0. The normalized spacial score (nSPS) is 52.7. The van der Waals surface area contributed by atoms with Crippen LogP contribution < -0.4 is 0 Å². The third-order valence-electron chi connectivity index (χ3n) is 12.1. The van der Waals surface area contributed by atoms with E-state index in [0.29, 0.717) is 35.5 Å². The fourth-order valence-corrected chi connectivity index (χ4v) is 10.5. The van der Waals surface area contributed by atoms with E-state index in [1.807, 2.05) is 0 Å². The lowest BCUT2D eigenvalue weighted by Gasteiger charge is -2.58. The van der Waals surface area contributed by atoms with Crippen molar-refractivity contribution in [3.8, 4) is 0 Å². The lowest BCUT2D eigenvalue weighted by Crippen LogP contribution is -2.57. The topological polar surface area (TPSA) is 68.2 Å². The maximum absolute atomic E-state index is 11.9. The minimum atomic E-state index is -0.491. The van der Waals surface area contributed by atoms with Gasteiger partial charge >= 0.3 is 5.97 Å². The van der Waals surface area contributed by atoms with Crippen LogP contribution in [0.5, 0.6) is 0 Å². The molecule has 2 heterocycles. The van der Waals surface area contributed by atoms with Gasteiger partial charge in [-0.25, -0.2) is 5.01 Å². The average Bonchev–Trinajstić information content (AvgIpc) is 3.26. The zero-order chi connectivity index (χ0) is 24.8. The predicted molar refractivity (Wildman–Crippen MR) is 134 cm³/mol. The van der Waals surface area contributed by atoms with Crippen LogP contribution in [0, 0.1) is 51.2 Å². The van der Waals surface area contributed by atoms with Gasteiger partial charge in [-0.1, -0.05) is 39.3 Å². The van der Waals surface area contributed by atoms with E-state index in [1.165, 1.54) is 19.8 Å². The highest BCUT2D eigenvalue weighted by molar-refractivity contribution is 5.66. The maximum Gasteiger partial charge on any atom is 0.302 e. The molecule has 0 amide bonds. The molecule has 5 fully saturated rings. The molecule has 35 heavy (non-hydrogen) atoms. The fourth-order valence-electron chi connectivity index (χ4n) is 10.5. The van der Waals surface area contributed by atoms with Crippen molar-refractivity contribution < 1.29 is 14.3 Å². The number of nitroso groups, excluding NO2 is 1. The largest absolute Gasteiger partial charge is 0.462 e. The van der Waals surface area contributed by atoms with Gasteiger partial charge < -0.3 is 9.47 Å². The highest BCUT2D eigenvalue weighted by Gasteiger charge is 2.69. The van der Waals surface area contributed by atoms with Crippen LogP contribution in [-0.4, -0.2) is 35.5 Å². The molecule has 4 aliphatic carbocycles. The van der Waals surface area contributed by atoms with Crippen molar-refractivity contribution in [3.05, 3.63) is 16.6 Å². The minimum absolute atomic E-state index is 0.0566. The standard InChI is InChI=1S/C29H44N2O4/c1-17-8-13-29(31(16-17)30-33)18(2)26-25(35-29)15-24-22-7-6-20-14-21(34-19(3)32)9-11-27(20,4)23(22)10-12-28(24,26)5/h6,17-18,21-26H,7-16H2,1-5H3/t17-,18+,21+,22-,23+,24-,25-,26+,27-,28-,29+/m0/s1. The molecule has 0 unspecified atom stereocenters. The average molecular weight is 485 g/mol. The number of carbonyl (C=O) groups is 1. The van der Waals surface area contributed by atoms with E-state index in [-0.39, 0.29) is 29.0 Å². The Bertz CT molecular complexity index is 936. The Morgan fingerprint density at radius 1 is 1.14 bits per heavy atom. The van der Waals surface area contributed by atoms with Crippen LogP contribution in [0.25, 0.3) is 0 Å². The van der Waals surface area contributed by atoms with Crippen LogP contribution in [0.1, 0.15) is 92.4 Å². The summed E-state index contributed by atoms with van der Waals surface area (Å²) in [6.45, 7) is 11.9. The lowest BCUT2D eigenvalue weighted by atomic mass is 9.46. The molecule has 6 heteroatoms. The first-order valence-corrected chi connectivity index (χ1v) is 14.3. The SMILES string of the molecule is CC(=O)O[C@@H]1CC[C@@]2(C)C(=CC[C@H]3[C@H]2CC[C@]2(C)[C@H]4[C@H](C[C@@H]32)O[C@]2(CC[C@H](C)CN2N=O)[C@@H]4C)C1. The lowest BCUT2D eigenvalue weighted by molar-refractivity contribution is -0.196. The molecule has 0 aromatic heterocycles. The van der Waals surface area contributed by atoms with Crippen LogP contribution in [0.4, 0.5) is 0 Å². The molecule has 0 aromatic rings. The molecule has 0 radical (unpaired) electrons. The Morgan fingerprint density at radius 2 is 1.94 bits per heavy atom. The molecular weight excluding hydrogens is 440 g/mol. The predicted octanol–water partition coefficient (Wildman–Crippen LogP) is 6.25. The van der Waals surface area contributed by atoms with Crippen molar-refractivity contribution in [2.75, 3.05) is 6.54 Å². The van der Waals surface area contributed by atoms with E-state index in [0.717, 1.165) is 51.5 Å². The van der Waals surface area contributed by atoms with Crippen molar-refractivity contribution in [2.24, 2.45) is 51.6 Å². The fraction of sp³-hybridized carbons (Fsp3) is 0.897. The molecule has 6 aliphatic rings. The first-order chi connectivity index (χ1) is 16.6. The van der Waals surface area contributed by atoms with Gasteiger partial charge in [0.05, 0.1) is 11.4 Å². The summed E-state index contributed by atoms with van der Waals surface area (Å²) in [6, 6.07) is 0. The molecule has 3 saturated carbocycles. The second-order valence-electron chi connectivity index (χ2n) is 13.6. The number of ether oxygens (including phenoxy) is 2.